The molecule has 19 heavy (non-hydrogen) atoms. The van der Waals surface area contributed by atoms with Crippen LogP contribution in [0.2, 0.25) is 0 Å². The fourth-order valence-electron chi connectivity index (χ4n) is 1.61. The number of carbonyl (C=O) groups is 1. The van der Waals surface area contributed by atoms with Crippen LogP contribution in [0.25, 0.3) is 0 Å². The molecule has 0 aliphatic carbocycles. The third-order valence-corrected chi connectivity index (χ3v) is 3.71. The average molecular weight is 279 g/mol. The third-order valence-electron chi connectivity index (χ3n) is 2.82. The molecule has 6 heteroatoms. The predicted molar refractivity (Wildman–Crippen MR) is 77.8 cm³/mol. The summed E-state index contributed by atoms with van der Waals surface area (Å²) in [4.78, 5) is 15.7. The summed E-state index contributed by atoms with van der Waals surface area (Å²) in [5.74, 6) is 1.71. The predicted octanol–water partition coefficient (Wildman–Crippen LogP) is 2.04. The van der Waals surface area contributed by atoms with Crippen LogP contribution in [0.1, 0.15) is 11.1 Å². The van der Waals surface area contributed by atoms with Crippen LogP contribution in [0.4, 0.5) is 4.79 Å². The highest BCUT2D eigenvalue weighted by atomic mass is 32.2. The molecule has 0 atom stereocenters. The molecule has 1 aliphatic heterocycles. The number of rotatable bonds is 3. The smallest absolute Gasteiger partial charge is 0.323 e. The van der Waals surface area contributed by atoms with Crippen molar-refractivity contribution in [2.45, 2.75) is 13.8 Å². The Morgan fingerprint density at radius 3 is 3.05 bits per heavy atom. The summed E-state index contributed by atoms with van der Waals surface area (Å²) in [5, 5.41) is 5.98. The molecular formula is C13H17N3O2S. The summed E-state index contributed by atoms with van der Waals surface area (Å²) >= 11 is 1.54. The van der Waals surface area contributed by atoms with E-state index in [1.807, 2.05) is 32.0 Å². The first kappa shape index (κ1) is 13.7. The van der Waals surface area contributed by atoms with Crippen LogP contribution in [-0.2, 0) is 0 Å². The van der Waals surface area contributed by atoms with Gasteiger partial charge in [-0.2, -0.15) is 0 Å². The molecule has 2 amide bonds. The van der Waals surface area contributed by atoms with E-state index in [9.17, 15) is 4.79 Å². The number of amides is 2. The molecule has 0 spiro atoms. The van der Waals surface area contributed by atoms with Crippen LogP contribution >= 0.6 is 11.8 Å². The van der Waals surface area contributed by atoms with Crippen LogP contribution in [0.15, 0.2) is 23.2 Å². The van der Waals surface area contributed by atoms with Gasteiger partial charge in [-0.3, -0.25) is 10.3 Å². The summed E-state index contributed by atoms with van der Waals surface area (Å²) in [6.45, 7) is 4.92. The number of aliphatic imine (C=N–C) groups is 1. The zero-order chi connectivity index (χ0) is 13.7. The maximum Gasteiger partial charge on any atom is 0.323 e. The molecule has 5 nitrogen and oxygen atoms in total. The Labute approximate surface area is 116 Å². The molecule has 2 rings (SSSR count). The molecular weight excluding hydrogens is 262 g/mol. The second-order valence-electron chi connectivity index (χ2n) is 4.15. The van der Waals surface area contributed by atoms with Gasteiger partial charge < -0.3 is 10.1 Å². The van der Waals surface area contributed by atoms with Crippen molar-refractivity contribution in [2.24, 2.45) is 4.99 Å². The average Bonchev–Trinajstić information content (AvgIpc) is 2.87. The summed E-state index contributed by atoms with van der Waals surface area (Å²) in [6, 6.07) is 5.55. The van der Waals surface area contributed by atoms with Gasteiger partial charge in [0.1, 0.15) is 5.75 Å². The van der Waals surface area contributed by atoms with Gasteiger partial charge in [0, 0.05) is 5.75 Å². The van der Waals surface area contributed by atoms with Gasteiger partial charge in [0.2, 0.25) is 0 Å². The van der Waals surface area contributed by atoms with Crippen molar-refractivity contribution in [3.8, 4) is 5.75 Å². The first-order valence-electron chi connectivity index (χ1n) is 6.08. The largest absolute Gasteiger partial charge is 0.473 e. The van der Waals surface area contributed by atoms with Crippen LogP contribution in [0, 0.1) is 13.8 Å². The molecule has 0 unspecified atom stereocenters. The van der Waals surface area contributed by atoms with E-state index in [4.69, 9.17) is 4.74 Å². The van der Waals surface area contributed by atoms with Gasteiger partial charge in [0.15, 0.2) is 11.9 Å². The highest BCUT2D eigenvalue weighted by molar-refractivity contribution is 8.14. The van der Waals surface area contributed by atoms with E-state index >= 15 is 0 Å². The highest BCUT2D eigenvalue weighted by Gasteiger charge is 2.10. The molecule has 102 valence electrons. The quantitative estimate of drug-likeness (QED) is 0.832. The Bertz CT molecular complexity index is 503. The van der Waals surface area contributed by atoms with E-state index in [0.29, 0.717) is 5.17 Å². The van der Waals surface area contributed by atoms with Crippen molar-refractivity contribution in [3.05, 3.63) is 29.3 Å². The number of urea groups is 1. The standard InChI is InChI=1S/C13H17N3O2S/c1-9-4-3-5-11(10(9)2)18-8-15-12(17)16-13-14-6-7-19-13/h3-5H,6-8H2,1-2H3,(H2,14,15,16,17). The molecule has 0 fully saturated rings. The fourth-order valence-corrected chi connectivity index (χ4v) is 2.34. The molecule has 0 aromatic heterocycles. The van der Waals surface area contributed by atoms with Crippen molar-refractivity contribution < 1.29 is 9.53 Å². The molecule has 0 bridgehead atoms. The molecule has 1 aliphatic rings. The lowest BCUT2D eigenvalue weighted by atomic mass is 10.1. The van der Waals surface area contributed by atoms with E-state index in [2.05, 4.69) is 15.6 Å². The second kappa shape index (κ2) is 6.47. The molecule has 1 aromatic rings. The van der Waals surface area contributed by atoms with Crippen LogP contribution < -0.4 is 15.4 Å². The number of nitrogens with one attached hydrogen (secondary N) is 2. The van der Waals surface area contributed by atoms with Crippen molar-refractivity contribution in [2.75, 3.05) is 19.0 Å². The van der Waals surface area contributed by atoms with E-state index in [1.165, 1.54) is 5.56 Å². The van der Waals surface area contributed by atoms with E-state index in [0.717, 1.165) is 23.6 Å². The van der Waals surface area contributed by atoms with Gasteiger partial charge in [0.25, 0.3) is 0 Å². The lowest BCUT2D eigenvalue weighted by Crippen LogP contribution is -2.39. The summed E-state index contributed by atoms with van der Waals surface area (Å²) in [6.07, 6.45) is 0. The second-order valence-corrected chi connectivity index (χ2v) is 5.24. The van der Waals surface area contributed by atoms with E-state index in [-0.39, 0.29) is 12.8 Å². The zero-order valence-corrected chi connectivity index (χ0v) is 11.8. The fraction of sp³-hybridized carbons (Fsp3) is 0.385. The number of amidine groups is 1. The van der Waals surface area contributed by atoms with Crippen LogP contribution in [-0.4, -0.2) is 30.2 Å². The van der Waals surface area contributed by atoms with Gasteiger partial charge >= 0.3 is 6.03 Å². The number of ether oxygens (including phenoxy) is 1. The summed E-state index contributed by atoms with van der Waals surface area (Å²) < 4.78 is 5.53. The minimum Gasteiger partial charge on any atom is -0.473 e. The van der Waals surface area contributed by atoms with Gasteiger partial charge in [-0.25, -0.2) is 4.79 Å². The first-order valence-corrected chi connectivity index (χ1v) is 7.06. The number of carbonyl (C=O) groups excluding carboxylic acids is 1. The molecule has 2 N–H and O–H groups in total. The Kier molecular flexibility index (Phi) is 4.68. The number of hydrogen-bond acceptors (Lipinski definition) is 4. The summed E-state index contributed by atoms with van der Waals surface area (Å²) in [7, 11) is 0. The van der Waals surface area contributed by atoms with Gasteiger partial charge in [-0.05, 0) is 31.0 Å². The normalized spacial score (nSPS) is 13.9. The van der Waals surface area contributed by atoms with Crippen LogP contribution in [0.5, 0.6) is 5.75 Å². The molecule has 0 saturated heterocycles. The molecule has 1 heterocycles. The van der Waals surface area contributed by atoms with Crippen LogP contribution in [0.3, 0.4) is 0 Å². The lowest BCUT2D eigenvalue weighted by molar-refractivity contribution is 0.228. The highest BCUT2D eigenvalue weighted by Crippen LogP contribution is 2.19. The lowest BCUT2D eigenvalue weighted by Gasteiger charge is -2.12. The number of hydrogen-bond donors (Lipinski definition) is 2. The third kappa shape index (κ3) is 3.89. The topological polar surface area (TPSA) is 62.7 Å². The maximum atomic E-state index is 11.5. The van der Waals surface area contributed by atoms with Gasteiger partial charge in [-0.1, -0.05) is 23.9 Å². The Morgan fingerprint density at radius 2 is 2.32 bits per heavy atom. The summed E-state index contributed by atoms with van der Waals surface area (Å²) in [5.41, 5.74) is 2.25. The van der Waals surface area contributed by atoms with Crippen molar-refractivity contribution in [1.29, 1.82) is 0 Å². The Morgan fingerprint density at radius 1 is 1.47 bits per heavy atom. The number of thioether (sulfide) groups is 1. The maximum absolute atomic E-state index is 11.5. The van der Waals surface area contributed by atoms with Crippen molar-refractivity contribution in [1.82, 2.24) is 10.6 Å². The minimum absolute atomic E-state index is 0.133. The monoisotopic (exact) mass is 279 g/mol. The molecule has 1 aromatic carbocycles. The minimum atomic E-state index is -0.293. The first-order chi connectivity index (χ1) is 9.16. The van der Waals surface area contributed by atoms with Crippen molar-refractivity contribution in [3.63, 3.8) is 0 Å². The zero-order valence-electron chi connectivity index (χ0n) is 11.0. The Balaban J connectivity index is 1.76. The Hall–Kier alpha value is -1.69. The SMILES string of the molecule is Cc1cccc(OCNC(=O)NC2=NCCS2)c1C. The number of nitrogens with zero attached hydrogens (tertiary/aromatic N) is 1. The van der Waals surface area contributed by atoms with Gasteiger partial charge in [0.05, 0.1) is 6.54 Å². The molecule has 0 radical (unpaired) electrons. The molecule has 0 saturated carbocycles. The number of aryl methyl sites for hydroxylation is 1. The van der Waals surface area contributed by atoms with E-state index < -0.39 is 0 Å². The number of benzene rings is 1. The van der Waals surface area contributed by atoms with E-state index in [1.54, 1.807) is 11.8 Å². The van der Waals surface area contributed by atoms with Crippen molar-refractivity contribution >= 4 is 23.0 Å². The van der Waals surface area contributed by atoms with Gasteiger partial charge in [-0.15, -0.1) is 0 Å².